The third kappa shape index (κ3) is 4.33. The molecule has 1 rings (SSSR count). The first kappa shape index (κ1) is 14.4. The number of likely N-dealkylation sites (tertiary alicyclic amines) is 1. The smallest absolute Gasteiger partial charge is 0.329 e. The number of carbonyl (C=O) groups is 3. The van der Waals surface area contributed by atoms with Crippen molar-refractivity contribution < 1.29 is 24.2 Å². The lowest BCUT2D eigenvalue weighted by molar-refractivity contribution is -0.173. The summed E-state index contributed by atoms with van der Waals surface area (Å²) in [4.78, 5) is 34.2. The number of hydrogen-bond acceptors (Lipinski definition) is 4. The zero-order valence-corrected chi connectivity index (χ0v) is 10.6. The highest BCUT2D eigenvalue weighted by molar-refractivity contribution is 5.79. The van der Waals surface area contributed by atoms with Crippen LogP contribution in [0.4, 0.5) is 0 Å². The van der Waals surface area contributed by atoms with E-state index >= 15 is 0 Å². The van der Waals surface area contributed by atoms with Crippen LogP contribution in [-0.2, 0) is 19.1 Å². The Morgan fingerprint density at radius 3 is 2.50 bits per heavy atom. The summed E-state index contributed by atoms with van der Waals surface area (Å²) in [7, 11) is 0. The van der Waals surface area contributed by atoms with E-state index < -0.39 is 11.6 Å². The zero-order valence-electron chi connectivity index (χ0n) is 10.6. The van der Waals surface area contributed by atoms with Crippen LogP contribution in [0.2, 0.25) is 0 Å². The molecule has 1 aliphatic rings. The molecule has 1 aliphatic heterocycles. The normalized spacial score (nSPS) is 16.9. The predicted molar refractivity (Wildman–Crippen MR) is 61.9 cm³/mol. The van der Waals surface area contributed by atoms with Gasteiger partial charge in [0, 0.05) is 19.9 Å². The number of carboxylic acid groups (broad SMARTS) is 1. The summed E-state index contributed by atoms with van der Waals surface area (Å²) in [6.45, 7) is 3.90. The maximum Gasteiger partial charge on any atom is 0.329 e. The number of carboxylic acids is 1. The third-order valence-electron chi connectivity index (χ3n) is 2.66. The molecule has 0 aliphatic carbocycles. The van der Waals surface area contributed by atoms with E-state index in [2.05, 4.69) is 5.32 Å². The predicted octanol–water partition coefficient (Wildman–Crippen LogP) is -0.785. The summed E-state index contributed by atoms with van der Waals surface area (Å²) >= 11 is 0. The van der Waals surface area contributed by atoms with Gasteiger partial charge >= 0.3 is 5.97 Å². The number of nitrogens with zero attached hydrogens (tertiary/aromatic N) is 1. The van der Waals surface area contributed by atoms with Crippen LogP contribution >= 0.6 is 0 Å². The SMILES string of the molecule is CC(=O)NCCC(=O)N1CC(C)(OCC(=O)O)C1. The van der Waals surface area contributed by atoms with Gasteiger partial charge in [-0.25, -0.2) is 4.79 Å². The van der Waals surface area contributed by atoms with Crippen molar-refractivity contribution in [3.63, 3.8) is 0 Å². The zero-order chi connectivity index (χ0) is 13.8. The summed E-state index contributed by atoms with van der Waals surface area (Å²) in [5.74, 6) is -1.26. The van der Waals surface area contributed by atoms with E-state index in [0.29, 0.717) is 19.6 Å². The van der Waals surface area contributed by atoms with Gasteiger partial charge in [0.15, 0.2) is 0 Å². The molecular formula is C11H18N2O5. The van der Waals surface area contributed by atoms with E-state index in [-0.39, 0.29) is 24.8 Å². The van der Waals surface area contributed by atoms with Crippen LogP contribution in [0, 0.1) is 0 Å². The van der Waals surface area contributed by atoms with Crippen molar-refractivity contribution in [3.8, 4) is 0 Å². The fourth-order valence-corrected chi connectivity index (χ4v) is 1.77. The number of nitrogens with one attached hydrogen (secondary N) is 1. The van der Waals surface area contributed by atoms with Gasteiger partial charge in [-0.3, -0.25) is 9.59 Å². The standard InChI is InChI=1S/C11H18N2O5/c1-8(14)12-4-3-9(15)13-6-11(2,7-13)18-5-10(16)17/h3-7H2,1-2H3,(H,12,14)(H,16,17). The highest BCUT2D eigenvalue weighted by atomic mass is 16.5. The molecule has 2 amide bonds. The van der Waals surface area contributed by atoms with Crippen LogP contribution in [0.5, 0.6) is 0 Å². The lowest BCUT2D eigenvalue weighted by Crippen LogP contribution is -2.63. The molecular weight excluding hydrogens is 240 g/mol. The van der Waals surface area contributed by atoms with E-state index in [4.69, 9.17) is 9.84 Å². The quantitative estimate of drug-likeness (QED) is 0.651. The molecule has 0 saturated carbocycles. The molecule has 18 heavy (non-hydrogen) atoms. The molecule has 1 saturated heterocycles. The number of hydrogen-bond donors (Lipinski definition) is 2. The highest BCUT2D eigenvalue weighted by Gasteiger charge is 2.42. The van der Waals surface area contributed by atoms with Crippen LogP contribution < -0.4 is 5.32 Å². The third-order valence-corrected chi connectivity index (χ3v) is 2.66. The number of aliphatic carboxylic acids is 1. The van der Waals surface area contributed by atoms with E-state index in [1.54, 1.807) is 11.8 Å². The van der Waals surface area contributed by atoms with Gasteiger partial charge in [0.1, 0.15) is 12.2 Å². The van der Waals surface area contributed by atoms with Crippen LogP contribution in [0.15, 0.2) is 0 Å². The lowest BCUT2D eigenvalue weighted by atomic mass is 9.96. The fourth-order valence-electron chi connectivity index (χ4n) is 1.77. The maximum atomic E-state index is 11.6. The summed E-state index contributed by atoms with van der Waals surface area (Å²) in [6, 6.07) is 0. The summed E-state index contributed by atoms with van der Waals surface area (Å²) in [6.07, 6.45) is 0.245. The molecule has 1 fully saturated rings. The van der Waals surface area contributed by atoms with Gasteiger partial charge in [0.2, 0.25) is 11.8 Å². The molecule has 0 atom stereocenters. The van der Waals surface area contributed by atoms with Gasteiger partial charge in [-0.2, -0.15) is 0 Å². The number of amides is 2. The molecule has 0 aromatic carbocycles. The van der Waals surface area contributed by atoms with Crippen molar-refractivity contribution in [1.82, 2.24) is 10.2 Å². The van der Waals surface area contributed by atoms with Crippen LogP contribution in [0.3, 0.4) is 0 Å². The first-order valence-electron chi connectivity index (χ1n) is 5.70. The molecule has 0 aromatic heterocycles. The van der Waals surface area contributed by atoms with E-state index in [0.717, 1.165) is 0 Å². The Kier molecular flexibility index (Phi) is 4.66. The molecule has 7 nitrogen and oxygen atoms in total. The molecule has 0 aromatic rings. The Hall–Kier alpha value is -1.63. The van der Waals surface area contributed by atoms with Crippen molar-refractivity contribution >= 4 is 17.8 Å². The van der Waals surface area contributed by atoms with Crippen LogP contribution in [0.25, 0.3) is 0 Å². The second kappa shape index (κ2) is 5.81. The molecule has 1 heterocycles. The molecule has 0 spiro atoms. The van der Waals surface area contributed by atoms with Gasteiger partial charge in [0.05, 0.1) is 13.1 Å². The number of rotatable bonds is 6. The van der Waals surface area contributed by atoms with Crippen LogP contribution in [0.1, 0.15) is 20.3 Å². The first-order chi connectivity index (χ1) is 8.32. The van der Waals surface area contributed by atoms with Gasteiger partial charge < -0.3 is 20.1 Å². The van der Waals surface area contributed by atoms with Gasteiger partial charge in [-0.15, -0.1) is 0 Å². The average molecular weight is 258 g/mol. The van der Waals surface area contributed by atoms with E-state index in [9.17, 15) is 14.4 Å². The number of carbonyl (C=O) groups excluding carboxylic acids is 2. The maximum absolute atomic E-state index is 11.6. The Labute approximate surface area is 105 Å². The highest BCUT2D eigenvalue weighted by Crippen LogP contribution is 2.24. The minimum absolute atomic E-state index is 0.0693. The van der Waals surface area contributed by atoms with Gasteiger partial charge in [0.25, 0.3) is 0 Å². The molecule has 0 unspecified atom stereocenters. The van der Waals surface area contributed by atoms with Crippen molar-refractivity contribution in [2.24, 2.45) is 0 Å². The number of ether oxygens (including phenoxy) is 1. The first-order valence-corrected chi connectivity index (χ1v) is 5.70. The Morgan fingerprint density at radius 1 is 1.39 bits per heavy atom. The van der Waals surface area contributed by atoms with E-state index in [1.807, 2.05) is 0 Å². The Bertz CT molecular complexity index is 349. The van der Waals surface area contributed by atoms with Crippen molar-refractivity contribution in [3.05, 3.63) is 0 Å². The minimum atomic E-state index is -1.02. The van der Waals surface area contributed by atoms with Crippen molar-refractivity contribution in [2.75, 3.05) is 26.2 Å². The lowest BCUT2D eigenvalue weighted by Gasteiger charge is -2.47. The summed E-state index contributed by atoms with van der Waals surface area (Å²) in [5.41, 5.74) is -0.567. The van der Waals surface area contributed by atoms with Gasteiger partial charge in [-0.1, -0.05) is 0 Å². The van der Waals surface area contributed by atoms with Crippen LogP contribution in [-0.4, -0.2) is 59.6 Å². The molecule has 102 valence electrons. The Balaban J connectivity index is 2.22. The van der Waals surface area contributed by atoms with Gasteiger partial charge in [-0.05, 0) is 6.92 Å². The Morgan fingerprint density at radius 2 is 2.00 bits per heavy atom. The van der Waals surface area contributed by atoms with E-state index in [1.165, 1.54) is 6.92 Å². The minimum Gasteiger partial charge on any atom is -0.480 e. The van der Waals surface area contributed by atoms with Crippen molar-refractivity contribution in [2.45, 2.75) is 25.9 Å². The second-order valence-electron chi connectivity index (χ2n) is 4.62. The van der Waals surface area contributed by atoms with Crippen molar-refractivity contribution in [1.29, 1.82) is 0 Å². The fraction of sp³-hybridized carbons (Fsp3) is 0.727. The molecule has 0 bridgehead atoms. The molecule has 7 heteroatoms. The largest absolute Gasteiger partial charge is 0.480 e. The molecule has 0 radical (unpaired) electrons. The average Bonchev–Trinajstić information content (AvgIpc) is 2.21. The monoisotopic (exact) mass is 258 g/mol. The topological polar surface area (TPSA) is 95.9 Å². The second-order valence-corrected chi connectivity index (χ2v) is 4.62. The summed E-state index contributed by atoms with van der Waals surface area (Å²) in [5, 5.41) is 11.0. The molecule has 2 N–H and O–H groups in total. The summed E-state index contributed by atoms with van der Waals surface area (Å²) < 4.78 is 5.19.